The first-order valence-electron chi connectivity index (χ1n) is 7.54. The normalized spacial score (nSPS) is 10.4. The van der Waals surface area contributed by atoms with Crippen LogP contribution in [0.2, 0.25) is 0 Å². The van der Waals surface area contributed by atoms with Gasteiger partial charge in [0, 0.05) is 22.7 Å². The summed E-state index contributed by atoms with van der Waals surface area (Å²) in [6.07, 6.45) is 1.56. The van der Waals surface area contributed by atoms with Gasteiger partial charge in [0.05, 0.1) is 6.54 Å². The first-order valence-corrected chi connectivity index (χ1v) is 8.42. The van der Waals surface area contributed by atoms with Crippen molar-refractivity contribution in [2.75, 3.05) is 12.3 Å². The van der Waals surface area contributed by atoms with Gasteiger partial charge in [-0.1, -0.05) is 6.07 Å². The SMILES string of the molecule is Nc1ccc(-c2cc(F)cc(OCC(=O)NCc3cccs3)c2)cn1. The van der Waals surface area contributed by atoms with Crippen molar-refractivity contribution >= 4 is 23.1 Å². The number of pyridine rings is 1. The highest BCUT2D eigenvalue weighted by atomic mass is 32.1. The summed E-state index contributed by atoms with van der Waals surface area (Å²) < 4.78 is 19.2. The maximum absolute atomic E-state index is 13.8. The average molecular weight is 357 g/mol. The first-order chi connectivity index (χ1) is 12.1. The smallest absolute Gasteiger partial charge is 0.258 e. The van der Waals surface area contributed by atoms with Crippen LogP contribution in [-0.2, 0) is 11.3 Å². The standard InChI is InChI=1S/C18H16FN3O2S/c19-14-6-13(12-3-4-17(20)21-9-12)7-15(8-14)24-11-18(23)22-10-16-2-1-5-25-16/h1-9H,10-11H2,(H2,20,21)(H,22,23). The van der Waals surface area contributed by atoms with E-state index < -0.39 is 5.82 Å². The van der Waals surface area contributed by atoms with Gasteiger partial charge in [-0.05, 0) is 41.3 Å². The number of amides is 1. The van der Waals surface area contributed by atoms with Crippen molar-refractivity contribution in [3.8, 4) is 16.9 Å². The van der Waals surface area contributed by atoms with E-state index in [2.05, 4.69) is 10.3 Å². The molecule has 3 rings (SSSR count). The highest BCUT2D eigenvalue weighted by Crippen LogP contribution is 2.25. The lowest BCUT2D eigenvalue weighted by Gasteiger charge is -2.09. The van der Waals surface area contributed by atoms with E-state index in [1.165, 1.54) is 12.1 Å². The van der Waals surface area contributed by atoms with Gasteiger partial charge in [0.1, 0.15) is 17.4 Å². The van der Waals surface area contributed by atoms with E-state index in [4.69, 9.17) is 10.5 Å². The molecule has 128 valence electrons. The molecule has 5 nitrogen and oxygen atoms in total. The van der Waals surface area contributed by atoms with Gasteiger partial charge in [-0.2, -0.15) is 0 Å². The maximum Gasteiger partial charge on any atom is 0.258 e. The average Bonchev–Trinajstić information content (AvgIpc) is 3.12. The van der Waals surface area contributed by atoms with E-state index in [-0.39, 0.29) is 18.3 Å². The number of anilines is 1. The number of ether oxygens (including phenoxy) is 1. The zero-order valence-corrected chi connectivity index (χ0v) is 14.1. The summed E-state index contributed by atoms with van der Waals surface area (Å²) in [7, 11) is 0. The molecule has 0 atom stereocenters. The summed E-state index contributed by atoms with van der Waals surface area (Å²) in [5.74, 6) is -0.0613. The predicted octanol–water partition coefficient (Wildman–Crippen LogP) is 3.23. The van der Waals surface area contributed by atoms with E-state index in [1.807, 2.05) is 17.5 Å². The fraction of sp³-hybridized carbons (Fsp3) is 0.111. The molecular weight excluding hydrogens is 341 g/mol. The molecular formula is C18H16FN3O2S. The number of thiophene rings is 1. The number of nitrogen functional groups attached to an aromatic ring is 1. The van der Waals surface area contributed by atoms with Crippen LogP contribution in [0.5, 0.6) is 5.75 Å². The summed E-state index contributed by atoms with van der Waals surface area (Å²) in [4.78, 5) is 16.9. The molecule has 1 aromatic carbocycles. The molecule has 2 aromatic heterocycles. The molecule has 3 N–H and O–H groups in total. The Morgan fingerprint density at radius 3 is 2.84 bits per heavy atom. The number of hydrogen-bond donors (Lipinski definition) is 2. The van der Waals surface area contributed by atoms with Crippen LogP contribution in [0.15, 0.2) is 54.0 Å². The number of nitrogens with two attached hydrogens (primary N) is 1. The topological polar surface area (TPSA) is 77.2 Å². The summed E-state index contributed by atoms with van der Waals surface area (Å²) in [5, 5.41) is 4.69. The van der Waals surface area contributed by atoms with E-state index in [9.17, 15) is 9.18 Å². The summed E-state index contributed by atoms with van der Waals surface area (Å²) in [6, 6.07) is 11.5. The number of nitrogens with zero attached hydrogens (tertiary/aromatic N) is 1. The van der Waals surface area contributed by atoms with Crippen LogP contribution in [0, 0.1) is 5.82 Å². The molecule has 3 aromatic rings. The second-order valence-corrected chi connectivity index (χ2v) is 6.32. The number of rotatable bonds is 6. The van der Waals surface area contributed by atoms with Crippen molar-refractivity contribution in [3.63, 3.8) is 0 Å². The Kier molecular flexibility index (Phi) is 5.25. The van der Waals surface area contributed by atoms with Crippen LogP contribution in [0.4, 0.5) is 10.2 Å². The van der Waals surface area contributed by atoms with Gasteiger partial charge in [-0.3, -0.25) is 4.79 Å². The van der Waals surface area contributed by atoms with Gasteiger partial charge >= 0.3 is 0 Å². The molecule has 0 fully saturated rings. The Hall–Kier alpha value is -2.93. The lowest BCUT2D eigenvalue weighted by molar-refractivity contribution is -0.123. The van der Waals surface area contributed by atoms with Gasteiger partial charge < -0.3 is 15.8 Å². The molecule has 0 saturated heterocycles. The van der Waals surface area contributed by atoms with Gasteiger partial charge in [0.2, 0.25) is 0 Å². The molecule has 0 spiro atoms. The Morgan fingerprint density at radius 1 is 1.24 bits per heavy atom. The Morgan fingerprint density at radius 2 is 2.12 bits per heavy atom. The predicted molar refractivity (Wildman–Crippen MR) is 95.7 cm³/mol. The number of carbonyl (C=O) groups excluding carboxylic acids is 1. The van der Waals surface area contributed by atoms with E-state index in [0.717, 1.165) is 4.88 Å². The second kappa shape index (κ2) is 7.76. The van der Waals surface area contributed by atoms with Crippen molar-refractivity contribution in [3.05, 3.63) is 64.7 Å². The molecule has 0 aliphatic carbocycles. The van der Waals surface area contributed by atoms with Gasteiger partial charge in [-0.25, -0.2) is 9.37 Å². The monoisotopic (exact) mass is 357 g/mol. The minimum Gasteiger partial charge on any atom is -0.484 e. The summed E-state index contributed by atoms with van der Waals surface area (Å²) in [6.45, 7) is 0.264. The highest BCUT2D eigenvalue weighted by Gasteiger charge is 2.08. The molecule has 0 unspecified atom stereocenters. The number of carbonyl (C=O) groups is 1. The Bertz CT molecular complexity index is 851. The molecule has 7 heteroatoms. The molecule has 0 aliphatic heterocycles. The van der Waals surface area contributed by atoms with Gasteiger partial charge in [-0.15, -0.1) is 11.3 Å². The lowest BCUT2D eigenvalue weighted by Crippen LogP contribution is -2.28. The Balaban J connectivity index is 1.62. The van der Waals surface area contributed by atoms with Gasteiger partial charge in [0.25, 0.3) is 5.91 Å². The van der Waals surface area contributed by atoms with Crippen molar-refractivity contribution < 1.29 is 13.9 Å². The minimum absolute atomic E-state index is 0.186. The molecule has 1 amide bonds. The first kappa shape index (κ1) is 16.9. The van der Waals surface area contributed by atoms with Crippen LogP contribution < -0.4 is 15.8 Å². The number of nitrogens with one attached hydrogen (secondary N) is 1. The zero-order chi connectivity index (χ0) is 17.6. The fourth-order valence-corrected chi connectivity index (χ4v) is 2.83. The van der Waals surface area contributed by atoms with Crippen LogP contribution in [0.3, 0.4) is 0 Å². The van der Waals surface area contributed by atoms with Crippen LogP contribution in [0.1, 0.15) is 4.88 Å². The van der Waals surface area contributed by atoms with E-state index >= 15 is 0 Å². The number of hydrogen-bond acceptors (Lipinski definition) is 5. The number of halogens is 1. The Labute approximate surface area is 148 Å². The molecule has 25 heavy (non-hydrogen) atoms. The quantitative estimate of drug-likeness (QED) is 0.710. The molecule has 0 aliphatic rings. The maximum atomic E-state index is 13.8. The highest BCUT2D eigenvalue weighted by molar-refractivity contribution is 7.09. The fourth-order valence-electron chi connectivity index (χ4n) is 2.19. The van der Waals surface area contributed by atoms with Crippen molar-refractivity contribution in [1.82, 2.24) is 10.3 Å². The lowest BCUT2D eigenvalue weighted by atomic mass is 10.1. The molecule has 0 bridgehead atoms. The van der Waals surface area contributed by atoms with Crippen LogP contribution >= 0.6 is 11.3 Å². The van der Waals surface area contributed by atoms with E-state index in [0.29, 0.717) is 23.5 Å². The number of benzene rings is 1. The van der Waals surface area contributed by atoms with Crippen LogP contribution in [0.25, 0.3) is 11.1 Å². The zero-order valence-electron chi connectivity index (χ0n) is 13.2. The third-order valence-corrected chi connectivity index (χ3v) is 4.28. The summed E-state index contributed by atoms with van der Waals surface area (Å²) in [5.41, 5.74) is 6.86. The summed E-state index contributed by atoms with van der Waals surface area (Å²) >= 11 is 1.56. The molecule has 0 saturated carbocycles. The van der Waals surface area contributed by atoms with Crippen molar-refractivity contribution in [2.24, 2.45) is 0 Å². The van der Waals surface area contributed by atoms with E-state index in [1.54, 1.807) is 35.7 Å². The third-order valence-electron chi connectivity index (χ3n) is 3.40. The molecule has 0 radical (unpaired) electrons. The third kappa shape index (κ3) is 4.77. The molecule has 2 heterocycles. The largest absolute Gasteiger partial charge is 0.484 e. The second-order valence-electron chi connectivity index (χ2n) is 5.29. The van der Waals surface area contributed by atoms with Crippen molar-refractivity contribution in [1.29, 1.82) is 0 Å². The minimum atomic E-state index is -0.455. The van der Waals surface area contributed by atoms with Crippen LogP contribution in [-0.4, -0.2) is 17.5 Å². The van der Waals surface area contributed by atoms with Crippen molar-refractivity contribution in [2.45, 2.75) is 6.54 Å². The number of aromatic nitrogens is 1. The van der Waals surface area contributed by atoms with Gasteiger partial charge in [0.15, 0.2) is 6.61 Å².